The molecule has 110 valence electrons. The van der Waals surface area contributed by atoms with Crippen LogP contribution in [0.4, 0.5) is 17.6 Å². The number of alkyl halides is 3. The molecule has 0 aliphatic carbocycles. The molecule has 2 aromatic carbocycles. The molecule has 0 N–H and O–H groups in total. The molecule has 0 fully saturated rings. The van der Waals surface area contributed by atoms with Crippen LogP contribution in [0, 0.1) is 12.7 Å². The van der Waals surface area contributed by atoms with Crippen LogP contribution in [0.25, 0.3) is 0 Å². The van der Waals surface area contributed by atoms with E-state index in [1.54, 1.807) is 19.1 Å². The van der Waals surface area contributed by atoms with Crippen molar-refractivity contribution >= 4 is 17.4 Å². The van der Waals surface area contributed by atoms with Crippen LogP contribution >= 0.6 is 11.6 Å². The Kier molecular flexibility index (Phi) is 4.05. The van der Waals surface area contributed by atoms with Gasteiger partial charge >= 0.3 is 6.18 Å². The van der Waals surface area contributed by atoms with Crippen LogP contribution in [0.3, 0.4) is 0 Å². The monoisotopic (exact) mass is 316 g/mol. The Hall–Kier alpha value is -1.88. The van der Waals surface area contributed by atoms with Gasteiger partial charge in [0.2, 0.25) is 0 Å². The van der Waals surface area contributed by atoms with Crippen molar-refractivity contribution in [3.63, 3.8) is 0 Å². The van der Waals surface area contributed by atoms with Gasteiger partial charge in [-0.2, -0.15) is 13.2 Å². The number of hydrogen-bond acceptors (Lipinski definition) is 1. The molecule has 0 saturated heterocycles. The van der Waals surface area contributed by atoms with Crippen LogP contribution in [0.15, 0.2) is 36.4 Å². The van der Waals surface area contributed by atoms with Gasteiger partial charge in [-0.05, 0) is 42.8 Å². The Morgan fingerprint density at radius 2 is 1.76 bits per heavy atom. The van der Waals surface area contributed by atoms with Crippen LogP contribution in [0.2, 0.25) is 5.02 Å². The van der Waals surface area contributed by atoms with Gasteiger partial charge in [0.1, 0.15) is 5.82 Å². The van der Waals surface area contributed by atoms with Crippen molar-refractivity contribution in [2.24, 2.45) is 0 Å². The molecule has 0 saturated carbocycles. The molecular formula is C15H9ClF4O. The Morgan fingerprint density at radius 1 is 1.10 bits per heavy atom. The lowest BCUT2D eigenvalue weighted by Gasteiger charge is -2.10. The summed E-state index contributed by atoms with van der Waals surface area (Å²) in [7, 11) is 0. The van der Waals surface area contributed by atoms with E-state index in [0.29, 0.717) is 22.7 Å². The fraction of sp³-hybridized carbons (Fsp3) is 0.133. The maximum atomic E-state index is 13.2. The molecule has 0 aliphatic rings. The molecule has 6 heteroatoms. The summed E-state index contributed by atoms with van der Waals surface area (Å²) in [5.41, 5.74) is -0.952. The van der Waals surface area contributed by atoms with Crippen molar-refractivity contribution in [2.45, 2.75) is 13.1 Å². The smallest absolute Gasteiger partial charge is 0.289 e. The van der Waals surface area contributed by atoms with Gasteiger partial charge in [0.15, 0.2) is 5.78 Å². The zero-order valence-corrected chi connectivity index (χ0v) is 11.5. The second kappa shape index (κ2) is 5.48. The lowest BCUT2D eigenvalue weighted by atomic mass is 9.97. The second-order valence-electron chi connectivity index (χ2n) is 4.48. The first-order valence-corrected chi connectivity index (χ1v) is 6.25. The second-order valence-corrected chi connectivity index (χ2v) is 4.92. The quantitative estimate of drug-likeness (QED) is 0.560. The van der Waals surface area contributed by atoms with E-state index in [4.69, 9.17) is 11.6 Å². The standard InChI is InChI=1S/C15H9ClF4O/c1-8-2-4-10(16)7-11(8)14(21)9-3-5-13(17)12(6-9)15(18,19)20/h2-7H,1H3. The third-order valence-electron chi connectivity index (χ3n) is 2.98. The predicted octanol–water partition coefficient (Wildman–Crippen LogP) is 5.04. The van der Waals surface area contributed by atoms with Gasteiger partial charge in [-0.1, -0.05) is 17.7 Å². The lowest BCUT2D eigenvalue weighted by molar-refractivity contribution is -0.140. The number of rotatable bonds is 2. The molecule has 0 radical (unpaired) electrons. The highest BCUT2D eigenvalue weighted by Gasteiger charge is 2.34. The highest BCUT2D eigenvalue weighted by Crippen LogP contribution is 2.32. The summed E-state index contributed by atoms with van der Waals surface area (Å²) >= 11 is 5.79. The van der Waals surface area contributed by atoms with E-state index in [1.165, 1.54) is 6.07 Å². The Balaban J connectivity index is 2.52. The zero-order valence-electron chi connectivity index (χ0n) is 10.8. The number of halogens is 5. The number of aryl methyl sites for hydroxylation is 1. The van der Waals surface area contributed by atoms with Crippen LogP contribution in [-0.4, -0.2) is 5.78 Å². The average Bonchev–Trinajstić information content (AvgIpc) is 2.40. The molecule has 0 aliphatic heterocycles. The summed E-state index contributed by atoms with van der Waals surface area (Å²) in [6.45, 7) is 1.64. The molecule has 2 rings (SSSR count). The fourth-order valence-electron chi connectivity index (χ4n) is 1.88. The van der Waals surface area contributed by atoms with Gasteiger partial charge in [0.25, 0.3) is 0 Å². The Labute approximate surface area is 123 Å². The first-order chi connectivity index (χ1) is 9.70. The van der Waals surface area contributed by atoms with Gasteiger partial charge < -0.3 is 0 Å². The van der Waals surface area contributed by atoms with Crippen LogP contribution in [0.1, 0.15) is 27.0 Å². The van der Waals surface area contributed by atoms with Crippen molar-refractivity contribution in [3.8, 4) is 0 Å². The van der Waals surface area contributed by atoms with Gasteiger partial charge in [0.05, 0.1) is 5.56 Å². The van der Waals surface area contributed by atoms with Gasteiger partial charge in [0, 0.05) is 16.1 Å². The molecule has 0 aromatic heterocycles. The number of carbonyl (C=O) groups excluding carboxylic acids is 1. The first kappa shape index (κ1) is 15.5. The van der Waals surface area contributed by atoms with Crippen molar-refractivity contribution in [2.75, 3.05) is 0 Å². The summed E-state index contributed by atoms with van der Waals surface area (Å²) in [5, 5.41) is 0.294. The van der Waals surface area contributed by atoms with Gasteiger partial charge in [-0.3, -0.25) is 4.79 Å². The molecule has 2 aromatic rings. The minimum absolute atomic E-state index is 0.183. The van der Waals surface area contributed by atoms with Gasteiger partial charge in [-0.25, -0.2) is 4.39 Å². The third-order valence-corrected chi connectivity index (χ3v) is 3.21. The summed E-state index contributed by atoms with van der Waals surface area (Å²) in [6.07, 6.45) is -4.86. The first-order valence-electron chi connectivity index (χ1n) is 5.88. The van der Waals surface area contributed by atoms with E-state index in [-0.39, 0.29) is 11.1 Å². The van der Waals surface area contributed by atoms with Crippen LogP contribution in [0.5, 0.6) is 0 Å². The van der Waals surface area contributed by atoms with Gasteiger partial charge in [-0.15, -0.1) is 0 Å². The highest BCUT2D eigenvalue weighted by atomic mass is 35.5. The van der Waals surface area contributed by atoms with Crippen molar-refractivity contribution in [3.05, 3.63) is 69.5 Å². The summed E-state index contributed by atoms with van der Waals surface area (Å²) in [5.74, 6) is -2.05. The van der Waals surface area contributed by atoms with Crippen LogP contribution < -0.4 is 0 Å². The molecule has 0 amide bonds. The molecular weight excluding hydrogens is 308 g/mol. The van der Waals surface area contributed by atoms with Crippen LogP contribution in [-0.2, 0) is 6.18 Å². The third kappa shape index (κ3) is 3.24. The summed E-state index contributed by atoms with van der Waals surface area (Å²) in [6, 6.07) is 6.69. The highest BCUT2D eigenvalue weighted by molar-refractivity contribution is 6.31. The molecule has 0 heterocycles. The SMILES string of the molecule is Cc1ccc(Cl)cc1C(=O)c1ccc(F)c(C(F)(F)F)c1. The average molecular weight is 317 g/mol. The summed E-state index contributed by atoms with van der Waals surface area (Å²) in [4.78, 5) is 12.3. The van der Waals surface area contributed by atoms with Crippen molar-refractivity contribution in [1.29, 1.82) is 0 Å². The molecule has 0 spiro atoms. The molecule has 1 nitrogen and oxygen atoms in total. The van der Waals surface area contributed by atoms with E-state index in [9.17, 15) is 22.4 Å². The van der Waals surface area contributed by atoms with E-state index in [2.05, 4.69) is 0 Å². The normalized spacial score (nSPS) is 11.5. The largest absolute Gasteiger partial charge is 0.419 e. The maximum absolute atomic E-state index is 13.2. The number of benzene rings is 2. The van der Waals surface area contributed by atoms with E-state index >= 15 is 0 Å². The zero-order chi connectivity index (χ0) is 15.8. The Bertz CT molecular complexity index is 707. The minimum Gasteiger partial charge on any atom is -0.289 e. The van der Waals surface area contributed by atoms with E-state index < -0.39 is 23.3 Å². The molecule has 0 atom stereocenters. The predicted molar refractivity (Wildman–Crippen MR) is 71.0 cm³/mol. The number of ketones is 1. The Morgan fingerprint density at radius 3 is 2.38 bits per heavy atom. The van der Waals surface area contributed by atoms with E-state index in [1.807, 2.05) is 0 Å². The molecule has 0 unspecified atom stereocenters. The minimum atomic E-state index is -4.86. The topological polar surface area (TPSA) is 17.1 Å². The lowest BCUT2D eigenvalue weighted by Crippen LogP contribution is -2.11. The maximum Gasteiger partial charge on any atom is 0.419 e. The molecule has 21 heavy (non-hydrogen) atoms. The number of carbonyl (C=O) groups is 1. The summed E-state index contributed by atoms with van der Waals surface area (Å²) < 4.78 is 51.2. The van der Waals surface area contributed by atoms with E-state index in [0.717, 1.165) is 6.07 Å². The molecule has 0 bridgehead atoms. The fourth-order valence-corrected chi connectivity index (χ4v) is 2.05. The van der Waals surface area contributed by atoms with Crippen molar-refractivity contribution in [1.82, 2.24) is 0 Å². The number of hydrogen-bond donors (Lipinski definition) is 0. The van der Waals surface area contributed by atoms with Crippen molar-refractivity contribution < 1.29 is 22.4 Å².